The van der Waals surface area contributed by atoms with Crippen molar-refractivity contribution in [1.29, 1.82) is 0 Å². The molecular formula is C25H37N3O4. The Kier molecular flexibility index (Phi) is 5.01. The zero-order valence-corrected chi connectivity index (χ0v) is 19.8. The molecule has 0 aromatic rings. The molecule has 2 aliphatic carbocycles. The zero-order chi connectivity index (χ0) is 22.9. The lowest BCUT2D eigenvalue weighted by Crippen LogP contribution is -2.60. The van der Waals surface area contributed by atoms with E-state index in [1.165, 1.54) is 0 Å². The molecule has 2 saturated carbocycles. The largest absolute Gasteiger partial charge is 0.356 e. The summed E-state index contributed by atoms with van der Waals surface area (Å²) in [6, 6.07) is -0.459. The van der Waals surface area contributed by atoms with Gasteiger partial charge in [0, 0.05) is 17.6 Å². The molecule has 3 aliphatic heterocycles. The Bertz CT molecular complexity index is 852. The van der Waals surface area contributed by atoms with E-state index in [9.17, 15) is 14.4 Å². The highest BCUT2D eigenvalue weighted by atomic mass is 16.5. The minimum absolute atomic E-state index is 0.116. The molecule has 4 fully saturated rings. The molecule has 176 valence electrons. The summed E-state index contributed by atoms with van der Waals surface area (Å²) in [6.45, 7) is 7.73. The molecule has 3 amide bonds. The summed E-state index contributed by atoms with van der Waals surface area (Å²) in [6.07, 6.45) is 12.2. The van der Waals surface area contributed by atoms with Crippen molar-refractivity contribution in [2.45, 2.75) is 114 Å². The van der Waals surface area contributed by atoms with Crippen molar-refractivity contribution < 1.29 is 19.1 Å². The van der Waals surface area contributed by atoms with Crippen LogP contribution in [0.3, 0.4) is 0 Å². The highest BCUT2D eigenvalue weighted by Crippen LogP contribution is 2.60. The van der Waals surface area contributed by atoms with Crippen LogP contribution < -0.4 is 10.6 Å². The van der Waals surface area contributed by atoms with Gasteiger partial charge >= 0.3 is 0 Å². The Hall–Kier alpha value is -1.89. The van der Waals surface area contributed by atoms with E-state index in [0.29, 0.717) is 0 Å². The number of amides is 3. The van der Waals surface area contributed by atoms with Crippen LogP contribution in [0.15, 0.2) is 12.2 Å². The summed E-state index contributed by atoms with van der Waals surface area (Å²) in [5, 5.41) is 6.39. The molecule has 32 heavy (non-hydrogen) atoms. The van der Waals surface area contributed by atoms with E-state index in [1.807, 2.05) is 39.8 Å². The molecule has 5 aliphatic rings. The van der Waals surface area contributed by atoms with E-state index in [-0.39, 0.29) is 29.8 Å². The van der Waals surface area contributed by atoms with Crippen LogP contribution in [0.5, 0.6) is 0 Å². The Labute approximate surface area is 190 Å². The average molecular weight is 444 g/mol. The van der Waals surface area contributed by atoms with Gasteiger partial charge in [0.2, 0.25) is 17.7 Å². The van der Waals surface area contributed by atoms with Crippen LogP contribution in [-0.4, -0.2) is 57.5 Å². The second-order valence-electron chi connectivity index (χ2n) is 11.7. The smallest absolute Gasteiger partial charge is 0.246 e. The monoisotopic (exact) mass is 443 g/mol. The van der Waals surface area contributed by atoms with Gasteiger partial charge in [0.1, 0.15) is 11.6 Å². The number of nitrogens with zero attached hydrogens (tertiary/aromatic N) is 1. The van der Waals surface area contributed by atoms with Gasteiger partial charge in [-0.05, 0) is 53.4 Å². The van der Waals surface area contributed by atoms with Crippen molar-refractivity contribution in [1.82, 2.24) is 15.5 Å². The fourth-order valence-electron chi connectivity index (χ4n) is 6.96. The third-order valence-electron chi connectivity index (χ3n) is 8.35. The standard InChI is InChI=1S/C25H37N3O4/c1-23(2,3)28-19(21(30)27-16-11-7-8-12-16)25-14-13-24(4,32-25)17(18(25)22(28)31)20(29)26-15-9-5-6-10-15/h13-19H,5-12H2,1-4H3,(H,26,29)(H,27,30)/t17-,18+,19-,24+,25-/m1/s1. The average Bonchev–Trinajstić information content (AvgIpc) is 3.48. The Balaban J connectivity index is 1.50. The number of ether oxygens (including phenoxy) is 1. The van der Waals surface area contributed by atoms with Gasteiger partial charge in [-0.1, -0.05) is 37.8 Å². The van der Waals surface area contributed by atoms with Gasteiger partial charge in [-0.3, -0.25) is 14.4 Å². The Morgan fingerprint density at radius 1 is 0.969 bits per heavy atom. The van der Waals surface area contributed by atoms with Gasteiger partial charge in [0.05, 0.1) is 17.4 Å². The van der Waals surface area contributed by atoms with Gasteiger partial charge in [-0.15, -0.1) is 0 Å². The fourth-order valence-corrected chi connectivity index (χ4v) is 6.96. The first kappa shape index (κ1) is 21.9. The predicted octanol–water partition coefficient (Wildman–Crippen LogP) is 2.44. The molecule has 2 N–H and O–H groups in total. The van der Waals surface area contributed by atoms with Crippen molar-refractivity contribution in [3.05, 3.63) is 12.2 Å². The number of nitrogens with one attached hydrogen (secondary N) is 2. The van der Waals surface area contributed by atoms with E-state index in [2.05, 4.69) is 10.6 Å². The number of carbonyl (C=O) groups is 3. The van der Waals surface area contributed by atoms with Crippen LogP contribution in [-0.2, 0) is 19.1 Å². The maximum absolute atomic E-state index is 13.9. The van der Waals surface area contributed by atoms with Crippen LogP contribution >= 0.6 is 0 Å². The van der Waals surface area contributed by atoms with Gasteiger partial charge in [0.15, 0.2) is 0 Å². The molecule has 2 bridgehead atoms. The van der Waals surface area contributed by atoms with Gasteiger partial charge in [-0.2, -0.15) is 0 Å². The van der Waals surface area contributed by atoms with Crippen LogP contribution in [0.2, 0.25) is 0 Å². The lowest BCUT2D eigenvalue weighted by molar-refractivity contribution is -0.150. The third-order valence-corrected chi connectivity index (χ3v) is 8.35. The van der Waals surface area contributed by atoms with Gasteiger partial charge < -0.3 is 20.3 Å². The first-order chi connectivity index (χ1) is 15.1. The number of rotatable bonds is 4. The highest BCUT2D eigenvalue weighted by Gasteiger charge is 2.77. The van der Waals surface area contributed by atoms with Crippen LogP contribution in [0.4, 0.5) is 0 Å². The molecule has 2 saturated heterocycles. The topological polar surface area (TPSA) is 87.7 Å². The Morgan fingerprint density at radius 3 is 2.03 bits per heavy atom. The number of hydrogen-bond donors (Lipinski definition) is 2. The second-order valence-corrected chi connectivity index (χ2v) is 11.7. The van der Waals surface area contributed by atoms with Crippen molar-refractivity contribution in [3.63, 3.8) is 0 Å². The third kappa shape index (κ3) is 3.14. The molecule has 7 heteroatoms. The molecule has 5 atom stereocenters. The van der Waals surface area contributed by atoms with Crippen LogP contribution in [0.25, 0.3) is 0 Å². The van der Waals surface area contributed by atoms with Gasteiger partial charge in [0.25, 0.3) is 0 Å². The quantitative estimate of drug-likeness (QED) is 0.654. The molecule has 1 spiro atoms. The number of hydrogen-bond acceptors (Lipinski definition) is 4. The molecule has 7 nitrogen and oxygen atoms in total. The summed E-state index contributed by atoms with van der Waals surface area (Å²) in [5.41, 5.74) is -2.55. The second kappa shape index (κ2) is 7.31. The van der Waals surface area contributed by atoms with E-state index < -0.39 is 34.6 Å². The summed E-state index contributed by atoms with van der Waals surface area (Å²) < 4.78 is 6.57. The van der Waals surface area contributed by atoms with E-state index in [1.54, 1.807) is 4.90 Å². The molecule has 5 rings (SSSR count). The van der Waals surface area contributed by atoms with Crippen molar-refractivity contribution >= 4 is 17.7 Å². The number of fused-ring (bicyclic) bond motifs is 1. The fraction of sp³-hybridized carbons (Fsp3) is 0.800. The molecule has 0 radical (unpaired) electrons. The van der Waals surface area contributed by atoms with Crippen LogP contribution in [0, 0.1) is 11.8 Å². The SMILES string of the molecule is CC(C)(C)N1C(=O)[C@@H]2[C@H](C(=O)NC3CCCC3)[C@]3(C)C=C[C@]2(O3)[C@H]1C(=O)NC1CCCC1. The molecule has 0 aromatic heterocycles. The highest BCUT2D eigenvalue weighted by molar-refractivity contribution is 6.00. The van der Waals surface area contributed by atoms with E-state index in [0.717, 1.165) is 51.4 Å². The normalized spacial score (nSPS) is 39.2. The maximum atomic E-state index is 13.9. The lowest BCUT2D eigenvalue weighted by atomic mass is 9.70. The summed E-state index contributed by atoms with van der Waals surface area (Å²) in [5.74, 6) is -1.74. The minimum atomic E-state index is -1.10. The first-order valence-corrected chi connectivity index (χ1v) is 12.4. The van der Waals surface area contributed by atoms with Crippen molar-refractivity contribution in [2.75, 3.05) is 0 Å². The van der Waals surface area contributed by atoms with Gasteiger partial charge in [-0.25, -0.2) is 0 Å². The van der Waals surface area contributed by atoms with Crippen molar-refractivity contribution in [2.24, 2.45) is 11.8 Å². The maximum Gasteiger partial charge on any atom is 0.246 e. The molecule has 0 aromatic carbocycles. The molecule has 0 unspecified atom stereocenters. The lowest BCUT2D eigenvalue weighted by Gasteiger charge is -2.40. The summed E-state index contributed by atoms with van der Waals surface area (Å²) in [7, 11) is 0. The minimum Gasteiger partial charge on any atom is -0.356 e. The predicted molar refractivity (Wildman–Crippen MR) is 120 cm³/mol. The summed E-state index contributed by atoms with van der Waals surface area (Å²) in [4.78, 5) is 42.8. The van der Waals surface area contributed by atoms with E-state index >= 15 is 0 Å². The summed E-state index contributed by atoms with van der Waals surface area (Å²) >= 11 is 0. The number of carbonyl (C=O) groups excluding carboxylic acids is 3. The van der Waals surface area contributed by atoms with Crippen molar-refractivity contribution in [3.8, 4) is 0 Å². The molecular weight excluding hydrogens is 406 g/mol. The Morgan fingerprint density at radius 2 is 1.50 bits per heavy atom. The first-order valence-electron chi connectivity index (χ1n) is 12.4. The van der Waals surface area contributed by atoms with E-state index in [4.69, 9.17) is 4.74 Å². The molecule has 3 heterocycles. The number of likely N-dealkylation sites (tertiary alicyclic amines) is 1. The zero-order valence-electron chi connectivity index (χ0n) is 19.8. The van der Waals surface area contributed by atoms with Crippen LogP contribution in [0.1, 0.15) is 79.1 Å².